The fourth-order valence-corrected chi connectivity index (χ4v) is 6.29. The molecule has 0 radical (unpaired) electrons. The smallest absolute Gasteiger partial charge is 0.235 e. The van der Waals surface area contributed by atoms with Crippen LogP contribution in [0.15, 0.2) is 121 Å². The Morgan fingerprint density at radius 1 is 0.474 bits per heavy atom. The number of hydrogen-bond donors (Lipinski definition) is 0. The van der Waals surface area contributed by atoms with Crippen LogP contribution >= 0.6 is 0 Å². The number of rotatable bonds is 2. The van der Waals surface area contributed by atoms with Gasteiger partial charge in [0.1, 0.15) is 0 Å². The molecule has 0 saturated carbocycles. The highest BCUT2D eigenvalue weighted by Gasteiger charge is 2.22. The quantitative estimate of drug-likeness (QED) is 0.247. The molecule has 4 nitrogen and oxygen atoms in total. The lowest BCUT2D eigenvalue weighted by atomic mass is 10.1. The van der Waals surface area contributed by atoms with Crippen molar-refractivity contribution in [3.8, 4) is 17.2 Å². The van der Waals surface area contributed by atoms with E-state index >= 15 is 0 Å². The summed E-state index contributed by atoms with van der Waals surface area (Å²) >= 11 is 0. The van der Waals surface area contributed by atoms with Crippen LogP contribution in [0, 0.1) is 0 Å². The first-order chi connectivity index (χ1) is 18.9. The molecule has 0 amide bonds. The molecular formula is C34H20N4. The number of fused-ring (bicyclic) bond motifs is 8. The first kappa shape index (κ1) is 19.9. The Morgan fingerprint density at radius 2 is 1.13 bits per heavy atom. The number of hydrogen-bond acceptors (Lipinski definition) is 2. The van der Waals surface area contributed by atoms with E-state index in [1.807, 2.05) is 12.1 Å². The first-order valence-electron chi connectivity index (χ1n) is 12.9. The second kappa shape index (κ2) is 7.17. The van der Waals surface area contributed by atoms with Crippen LogP contribution in [0.5, 0.6) is 0 Å². The van der Waals surface area contributed by atoms with Gasteiger partial charge in [-0.05, 0) is 30.3 Å². The van der Waals surface area contributed by atoms with Crippen molar-refractivity contribution in [2.24, 2.45) is 0 Å². The molecule has 4 heteroatoms. The van der Waals surface area contributed by atoms with E-state index in [4.69, 9.17) is 9.97 Å². The summed E-state index contributed by atoms with van der Waals surface area (Å²) in [5.41, 5.74) is 7.69. The van der Waals surface area contributed by atoms with E-state index in [-0.39, 0.29) is 0 Å². The zero-order valence-electron chi connectivity index (χ0n) is 20.3. The molecule has 0 aliphatic heterocycles. The van der Waals surface area contributed by atoms with Gasteiger partial charge >= 0.3 is 0 Å². The summed E-state index contributed by atoms with van der Waals surface area (Å²) in [6.07, 6.45) is 2.19. The third-order valence-electron chi connectivity index (χ3n) is 7.89. The predicted octanol–water partition coefficient (Wildman–Crippen LogP) is 8.39. The molecule has 0 spiro atoms. The van der Waals surface area contributed by atoms with Crippen molar-refractivity contribution in [2.75, 3.05) is 0 Å². The first-order valence-corrected chi connectivity index (χ1v) is 12.9. The summed E-state index contributed by atoms with van der Waals surface area (Å²) in [5, 5.41) is 7.24. The van der Waals surface area contributed by atoms with E-state index in [0.717, 1.165) is 33.2 Å². The minimum Gasteiger partial charge on any atom is -0.315 e. The molecule has 0 aliphatic carbocycles. The van der Waals surface area contributed by atoms with Gasteiger partial charge in [-0.2, -0.15) is 0 Å². The largest absolute Gasteiger partial charge is 0.315 e. The minimum absolute atomic E-state index is 0.687. The van der Waals surface area contributed by atoms with Crippen LogP contribution < -0.4 is 0 Å². The number of nitrogens with zero attached hydrogens (tertiary/aromatic N) is 4. The fourth-order valence-electron chi connectivity index (χ4n) is 6.29. The third kappa shape index (κ3) is 2.49. The van der Waals surface area contributed by atoms with Crippen LogP contribution in [-0.4, -0.2) is 18.9 Å². The average molecular weight is 485 g/mol. The van der Waals surface area contributed by atoms with Gasteiger partial charge in [0.25, 0.3) is 0 Å². The summed E-state index contributed by atoms with van der Waals surface area (Å²) in [4.78, 5) is 10.4. The van der Waals surface area contributed by atoms with Gasteiger partial charge in [0.15, 0.2) is 0 Å². The molecule has 0 fully saturated rings. The van der Waals surface area contributed by atoms with Gasteiger partial charge in [-0.1, -0.05) is 84.9 Å². The summed E-state index contributed by atoms with van der Waals surface area (Å²) in [6.45, 7) is 0. The van der Waals surface area contributed by atoms with Gasteiger partial charge in [-0.25, -0.2) is 9.97 Å². The van der Waals surface area contributed by atoms with Crippen molar-refractivity contribution in [1.82, 2.24) is 18.9 Å². The van der Waals surface area contributed by atoms with Crippen molar-refractivity contribution in [3.05, 3.63) is 121 Å². The second-order valence-electron chi connectivity index (χ2n) is 9.89. The highest BCUT2D eigenvalue weighted by atomic mass is 15.2. The maximum absolute atomic E-state index is 5.25. The van der Waals surface area contributed by atoms with Crippen LogP contribution in [0.1, 0.15) is 0 Å². The Bertz CT molecular complexity index is 2340. The summed E-state index contributed by atoms with van der Waals surface area (Å²) in [7, 11) is 0. The summed E-state index contributed by atoms with van der Waals surface area (Å²) in [5.74, 6) is 0.687. The van der Waals surface area contributed by atoms with E-state index < -0.39 is 0 Å². The minimum atomic E-state index is 0.687. The molecule has 0 aliphatic rings. The van der Waals surface area contributed by atoms with Gasteiger partial charge in [0.2, 0.25) is 5.95 Å². The Hall–Kier alpha value is -5.22. The highest BCUT2D eigenvalue weighted by molar-refractivity contribution is 6.27. The van der Waals surface area contributed by atoms with E-state index in [1.54, 1.807) is 0 Å². The molecule has 9 aromatic rings. The van der Waals surface area contributed by atoms with Crippen molar-refractivity contribution in [2.45, 2.75) is 0 Å². The van der Waals surface area contributed by atoms with Gasteiger partial charge in [0, 0.05) is 44.1 Å². The lowest BCUT2D eigenvalue weighted by Gasteiger charge is -2.12. The van der Waals surface area contributed by atoms with Crippen molar-refractivity contribution in [1.29, 1.82) is 0 Å². The lowest BCUT2D eigenvalue weighted by molar-refractivity contribution is 1.02. The van der Waals surface area contributed by atoms with Crippen LogP contribution in [0.25, 0.3) is 77.1 Å². The summed E-state index contributed by atoms with van der Waals surface area (Å²) < 4.78 is 4.58. The van der Waals surface area contributed by atoms with Crippen LogP contribution in [0.3, 0.4) is 0 Å². The van der Waals surface area contributed by atoms with Crippen LogP contribution in [0.2, 0.25) is 0 Å². The Labute approximate surface area is 217 Å². The second-order valence-corrected chi connectivity index (χ2v) is 9.89. The topological polar surface area (TPSA) is 35.1 Å². The molecule has 0 saturated heterocycles. The summed E-state index contributed by atoms with van der Waals surface area (Å²) in [6, 6.07) is 40.6. The standard InChI is InChI=1S/C34H20N4/c1-2-10-21(11-3-1)31-24-14-4-7-15-28(24)35-34(36-31)38-30-17-9-6-13-23(30)27-20-26-22-12-5-8-16-29(22)37-19-18-25(32(26)37)33(27)38/h1-20H. The Balaban J connectivity index is 1.49. The van der Waals surface area contributed by atoms with Gasteiger partial charge in [-0.3, -0.25) is 4.57 Å². The van der Waals surface area contributed by atoms with E-state index in [9.17, 15) is 0 Å². The number of aromatic nitrogens is 4. The normalized spacial score (nSPS) is 12.2. The van der Waals surface area contributed by atoms with Crippen molar-refractivity contribution >= 4 is 59.9 Å². The fraction of sp³-hybridized carbons (Fsp3) is 0. The van der Waals surface area contributed by atoms with Crippen molar-refractivity contribution < 1.29 is 0 Å². The molecule has 176 valence electrons. The predicted molar refractivity (Wildman–Crippen MR) is 156 cm³/mol. The average Bonchev–Trinajstić information content (AvgIpc) is 3.65. The van der Waals surface area contributed by atoms with Gasteiger partial charge in [-0.15, -0.1) is 0 Å². The lowest BCUT2D eigenvalue weighted by Crippen LogP contribution is -2.03. The van der Waals surface area contributed by atoms with Crippen LogP contribution in [0.4, 0.5) is 0 Å². The van der Waals surface area contributed by atoms with E-state index in [0.29, 0.717) is 5.95 Å². The Morgan fingerprint density at radius 3 is 1.97 bits per heavy atom. The van der Waals surface area contributed by atoms with E-state index in [2.05, 4.69) is 118 Å². The molecule has 0 unspecified atom stereocenters. The SMILES string of the molecule is c1ccc(-c2nc(-n3c4ccccc4c4cc5c6ccccc6n6ccc(c43)c56)nc3ccccc23)cc1. The molecule has 0 N–H and O–H groups in total. The Kier molecular flexibility index (Phi) is 3.76. The molecule has 0 bridgehead atoms. The number of para-hydroxylation sites is 3. The maximum atomic E-state index is 5.25. The zero-order chi connectivity index (χ0) is 24.8. The molecule has 9 rings (SSSR count). The maximum Gasteiger partial charge on any atom is 0.235 e. The monoisotopic (exact) mass is 484 g/mol. The zero-order valence-corrected chi connectivity index (χ0v) is 20.3. The molecule has 4 aromatic heterocycles. The van der Waals surface area contributed by atoms with Crippen molar-refractivity contribution in [3.63, 3.8) is 0 Å². The molecule has 5 aromatic carbocycles. The third-order valence-corrected chi connectivity index (χ3v) is 7.89. The molecule has 0 atom stereocenters. The van der Waals surface area contributed by atoms with Crippen LogP contribution in [-0.2, 0) is 0 Å². The molecule has 38 heavy (non-hydrogen) atoms. The molecule has 4 heterocycles. The van der Waals surface area contributed by atoms with Gasteiger partial charge < -0.3 is 4.40 Å². The number of benzene rings is 5. The van der Waals surface area contributed by atoms with E-state index in [1.165, 1.54) is 38.0 Å². The molecular weight excluding hydrogens is 464 g/mol. The highest BCUT2D eigenvalue weighted by Crippen LogP contribution is 2.42. The van der Waals surface area contributed by atoms with Gasteiger partial charge in [0.05, 0.1) is 33.3 Å².